The average molecular weight is 449 g/mol. The molecular weight excluding hydrogens is 429 g/mol. The first-order chi connectivity index (χ1) is 12.1. The van der Waals surface area contributed by atoms with Gasteiger partial charge in [0.05, 0.1) is 0 Å². The minimum atomic E-state index is -0.116. The fourth-order valence-electron chi connectivity index (χ4n) is 2.82. The lowest BCUT2D eigenvalue weighted by atomic mass is 10.2. The molecule has 6 heteroatoms. The fourth-order valence-corrected chi connectivity index (χ4v) is 3.18. The van der Waals surface area contributed by atoms with Crippen molar-refractivity contribution in [1.29, 1.82) is 0 Å². The number of nitrogens with one attached hydrogen (secondary N) is 1. The van der Waals surface area contributed by atoms with E-state index < -0.39 is 0 Å². The maximum atomic E-state index is 12.6. The molecule has 0 aliphatic carbocycles. The van der Waals surface area contributed by atoms with Crippen LogP contribution in [0, 0.1) is 3.57 Å². The summed E-state index contributed by atoms with van der Waals surface area (Å²) in [6.07, 6.45) is 0.776. The second-order valence-corrected chi connectivity index (χ2v) is 7.18. The number of hydrogen-bond donors (Lipinski definition) is 1. The van der Waals surface area contributed by atoms with Gasteiger partial charge >= 0.3 is 6.03 Å². The summed E-state index contributed by atoms with van der Waals surface area (Å²) < 4.78 is 1.13. The summed E-state index contributed by atoms with van der Waals surface area (Å²) in [5.41, 5.74) is 1.48. The van der Waals surface area contributed by atoms with Gasteiger partial charge in [-0.25, -0.2) is 4.79 Å². The molecule has 1 heterocycles. The molecule has 0 aromatic heterocycles. The Morgan fingerprint density at radius 1 is 0.840 bits per heavy atom. The molecule has 3 rings (SSSR count). The molecule has 130 valence electrons. The summed E-state index contributed by atoms with van der Waals surface area (Å²) in [7, 11) is 0. The number of halogens is 1. The zero-order valence-electron chi connectivity index (χ0n) is 13.8. The lowest BCUT2D eigenvalue weighted by Crippen LogP contribution is -2.39. The van der Waals surface area contributed by atoms with E-state index in [0.29, 0.717) is 31.7 Å². The van der Waals surface area contributed by atoms with Crippen molar-refractivity contribution in [1.82, 2.24) is 9.80 Å². The maximum Gasteiger partial charge on any atom is 0.321 e. The van der Waals surface area contributed by atoms with E-state index in [1.165, 1.54) is 0 Å². The van der Waals surface area contributed by atoms with Crippen LogP contribution >= 0.6 is 22.6 Å². The fraction of sp³-hybridized carbons (Fsp3) is 0.263. The van der Waals surface area contributed by atoms with Gasteiger partial charge in [0, 0.05) is 41.0 Å². The van der Waals surface area contributed by atoms with E-state index in [-0.39, 0.29) is 11.9 Å². The number of rotatable bonds is 2. The van der Waals surface area contributed by atoms with Crippen molar-refractivity contribution in [2.45, 2.75) is 6.42 Å². The highest BCUT2D eigenvalue weighted by atomic mass is 127. The van der Waals surface area contributed by atoms with Crippen molar-refractivity contribution in [2.75, 3.05) is 31.5 Å². The van der Waals surface area contributed by atoms with Crippen molar-refractivity contribution in [2.24, 2.45) is 0 Å². The Morgan fingerprint density at radius 2 is 1.48 bits per heavy atom. The van der Waals surface area contributed by atoms with E-state index in [1.54, 1.807) is 4.90 Å². The van der Waals surface area contributed by atoms with Crippen LogP contribution in [0.1, 0.15) is 16.8 Å². The van der Waals surface area contributed by atoms with Crippen LogP contribution in [0.25, 0.3) is 0 Å². The molecule has 1 fully saturated rings. The van der Waals surface area contributed by atoms with Gasteiger partial charge in [0.15, 0.2) is 0 Å². The summed E-state index contributed by atoms with van der Waals surface area (Å²) in [6, 6.07) is 16.9. The van der Waals surface area contributed by atoms with Gasteiger partial charge in [-0.3, -0.25) is 4.79 Å². The number of carbonyl (C=O) groups is 2. The highest BCUT2D eigenvalue weighted by Gasteiger charge is 2.22. The van der Waals surface area contributed by atoms with Gasteiger partial charge in [0.1, 0.15) is 0 Å². The quantitative estimate of drug-likeness (QED) is 0.712. The molecule has 0 saturated carbocycles. The van der Waals surface area contributed by atoms with Gasteiger partial charge in [-0.1, -0.05) is 18.2 Å². The third-order valence-electron chi connectivity index (χ3n) is 4.19. The third kappa shape index (κ3) is 4.72. The van der Waals surface area contributed by atoms with Crippen LogP contribution in [0.15, 0.2) is 54.6 Å². The second kappa shape index (κ2) is 8.33. The van der Waals surface area contributed by atoms with Crippen LogP contribution in [-0.4, -0.2) is 47.9 Å². The Morgan fingerprint density at radius 3 is 2.20 bits per heavy atom. The first kappa shape index (κ1) is 17.7. The van der Waals surface area contributed by atoms with Crippen LogP contribution in [0.4, 0.5) is 10.5 Å². The first-order valence-electron chi connectivity index (χ1n) is 8.29. The second-order valence-electron chi connectivity index (χ2n) is 5.94. The Kier molecular flexibility index (Phi) is 5.91. The molecule has 0 atom stereocenters. The van der Waals surface area contributed by atoms with Gasteiger partial charge in [0.2, 0.25) is 0 Å². The molecule has 0 spiro atoms. The van der Waals surface area contributed by atoms with Crippen molar-refractivity contribution in [3.63, 3.8) is 0 Å². The number of hydrogen-bond acceptors (Lipinski definition) is 2. The summed E-state index contributed by atoms with van der Waals surface area (Å²) in [5, 5.41) is 2.92. The smallest absolute Gasteiger partial charge is 0.321 e. The lowest BCUT2D eigenvalue weighted by molar-refractivity contribution is 0.0762. The molecule has 2 aromatic rings. The van der Waals surface area contributed by atoms with E-state index >= 15 is 0 Å². The molecular formula is C19H20IN3O2. The summed E-state index contributed by atoms with van der Waals surface area (Å²) in [5.74, 6) is 0.0282. The SMILES string of the molecule is O=C(Nc1ccc(I)cc1)N1CCCN(C(=O)c2ccccc2)CC1. The Hall–Kier alpha value is -2.09. The monoisotopic (exact) mass is 449 g/mol. The highest BCUT2D eigenvalue weighted by molar-refractivity contribution is 14.1. The molecule has 1 aliphatic heterocycles. The van der Waals surface area contributed by atoms with Gasteiger partial charge in [0.25, 0.3) is 5.91 Å². The van der Waals surface area contributed by atoms with E-state index in [0.717, 1.165) is 15.7 Å². The van der Waals surface area contributed by atoms with Crippen molar-refractivity contribution < 1.29 is 9.59 Å². The standard InChI is InChI=1S/C19H20IN3O2/c20-16-7-9-17(10-8-16)21-19(25)23-12-4-11-22(13-14-23)18(24)15-5-2-1-3-6-15/h1-3,5-10H,4,11-14H2,(H,21,25). The third-order valence-corrected chi connectivity index (χ3v) is 4.91. The van der Waals surface area contributed by atoms with Crippen LogP contribution in [-0.2, 0) is 0 Å². The molecule has 0 radical (unpaired) electrons. The number of amides is 3. The van der Waals surface area contributed by atoms with E-state index in [9.17, 15) is 9.59 Å². The minimum Gasteiger partial charge on any atom is -0.337 e. The molecule has 0 bridgehead atoms. The zero-order chi connectivity index (χ0) is 17.6. The van der Waals surface area contributed by atoms with E-state index in [4.69, 9.17) is 0 Å². The number of anilines is 1. The normalized spacial score (nSPS) is 14.8. The number of carbonyl (C=O) groups excluding carboxylic acids is 2. The molecule has 1 aliphatic rings. The van der Waals surface area contributed by atoms with Crippen LogP contribution < -0.4 is 5.32 Å². The molecule has 5 nitrogen and oxygen atoms in total. The molecule has 25 heavy (non-hydrogen) atoms. The molecule has 0 unspecified atom stereocenters. The van der Waals surface area contributed by atoms with Crippen molar-refractivity contribution in [3.05, 3.63) is 63.7 Å². The van der Waals surface area contributed by atoms with Crippen molar-refractivity contribution in [3.8, 4) is 0 Å². The molecule has 1 N–H and O–H groups in total. The summed E-state index contributed by atoms with van der Waals surface area (Å²) in [4.78, 5) is 28.6. The van der Waals surface area contributed by atoms with Crippen molar-refractivity contribution >= 4 is 40.2 Å². The van der Waals surface area contributed by atoms with E-state index in [2.05, 4.69) is 27.9 Å². The topological polar surface area (TPSA) is 52.7 Å². The van der Waals surface area contributed by atoms with Gasteiger partial charge in [-0.2, -0.15) is 0 Å². The number of benzene rings is 2. The summed E-state index contributed by atoms with van der Waals surface area (Å²) >= 11 is 2.23. The van der Waals surface area contributed by atoms with E-state index in [1.807, 2.05) is 59.5 Å². The zero-order valence-corrected chi connectivity index (χ0v) is 16.0. The van der Waals surface area contributed by atoms with Gasteiger partial charge in [-0.05, 0) is 65.4 Å². The van der Waals surface area contributed by atoms with Crippen LogP contribution in [0.3, 0.4) is 0 Å². The Labute approximate surface area is 161 Å². The van der Waals surface area contributed by atoms with Gasteiger partial charge in [-0.15, -0.1) is 0 Å². The lowest BCUT2D eigenvalue weighted by Gasteiger charge is -2.22. The Bertz CT molecular complexity index is 734. The predicted molar refractivity (Wildman–Crippen MR) is 107 cm³/mol. The van der Waals surface area contributed by atoms with Crippen LogP contribution in [0.5, 0.6) is 0 Å². The molecule has 3 amide bonds. The maximum absolute atomic E-state index is 12.6. The summed E-state index contributed by atoms with van der Waals surface area (Å²) in [6.45, 7) is 2.40. The Balaban J connectivity index is 1.58. The number of urea groups is 1. The minimum absolute atomic E-state index is 0.0282. The van der Waals surface area contributed by atoms with Gasteiger partial charge < -0.3 is 15.1 Å². The molecule has 1 saturated heterocycles. The highest BCUT2D eigenvalue weighted by Crippen LogP contribution is 2.14. The predicted octanol–water partition coefficient (Wildman–Crippen LogP) is 3.67. The average Bonchev–Trinajstić information content (AvgIpc) is 2.90. The largest absolute Gasteiger partial charge is 0.337 e. The number of nitrogens with zero attached hydrogens (tertiary/aromatic N) is 2. The van der Waals surface area contributed by atoms with Crippen LogP contribution in [0.2, 0.25) is 0 Å². The first-order valence-corrected chi connectivity index (χ1v) is 9.37. The molecule has 2 aromatic carbocycles.